The molecule has 0 fully saturated rings. The molecule has 0 radical (unpaired) electrons. The lowest BCUT2D eigenvalue weighted by Gasteiger charge is -1.93. The molecule has 0 bridgehead atoms. The minimum Gasteiger partial charge on any atom is -0.295 e. The molecule has 1 rings (SSSR count). The molecule has 0 aromatic heterocycles. The molecule has 0 aliphatic rings. The van der Waals surface area contributed by atoms with E-state index >= 15 is 0 Å². The van der Waals surface area contributed by atoms with Crippen LogP contribution in [0.15, 0.2) is 30.3 Å². The van der Waals surface area contributed by atoms with Crippen molar-refractivity contribution < 1.29 is 9.18 Å². The smallest absolute Gasteiger partial charge is 0.152 e. The summed E-state index contributed by atoms with van der Waals surface area (Å²) in [5, 5.41) is 0. The Balaban J connectivity index is 2.89. The number of allylic oxidation sites excluding steroid dienone is 1. The Bertz CT molecular complexity index is 315. The summed E-state index contributed by atoms with van der Waals surface area (Å²) in [5.74, 6) is -0.395. The minimum atomic E-state index is -0.310. The van der Waals surface area contributed by atoms with Crippen molar-refractivity contribution in [2.24, 2.45) is 0 Å². The number of carbonyl (C=O) groups excluding carboxylic acids is 1. The van der Waals surface area contributed by atoms with E-state index in [-0.39, 0.29) is 11.6 Å². The van der Waals surface area contributed by atoms with Crippen molar-refractivity contribution in [3.63, 3.8) is 0 Å². The maximum Gasteiger partial charge on any atom is 0.152 e. The molecule has 0 spiro atoms. The normalized spacial score (nSPS) is 10.5. The summed E-state index contributed by atoms with van der Waals surface area (Å²) >= 11 is 0. The fraction of sp³-hybridized carbons (Fsp3) is 0.100. The summed E-state index contributed by atoms with van der Waals surface area (Å²) in [5.41, 5.74) is 0.438. The highest BCUT2D eigenvalue weighted by molar-refractivity contribution is 5.91. The highest BCUT2D eigenvalue weighted by atomic mass is 19.1. The number of ketones is 1. The van der Waals surface area contributed by atoms with E-state index in [1.54, 1.807) is 18.2 Å². The van der Waals surface area contributed by atoms with E-state index in [1.807, 2.05) is 0 Å². The molecule has 1 aromatic rings. The van der Waals surface area contributed by atoms with Gasteiger partial charge in [-0.3, -0.25) is 4.79 Å². The van der Waals surface area contributed by atoms with Crippen LogP contribution >= 0.6 is 0 Å². The maximum absolute atomic E-state index is 12.9. The van der Waals surface area contributed by atoms with Crippen molar-refractivity contribution in [2.45, 2.75) is 6.92 Å². The Kier molecular flexibility index (Phi) is 2.75. The third-order valence-electron chi connectivity index (χ3n) is 1.40. The minimum absolute atomic E-state index is 0.0850. The molecule has 2 heteroatoms. The first kappa shape index (κ1) is 8.65. The number of rotatable bonds is 2. The van der Waals surface area contributed by atoms with Gasteiger partial charge in [0.15, 0.2) is 5.78 Å². The lowest BCUT2D eigenvalue weighted by molar-refractivity contribution is -0.112. The first-order valence-corrected chi connectivity index (χ1v) is 3.63. The number of benzene rings is 1. The monoisotopic (exact) mass is 164 g/mol. The zero-order valence-corrected chi connectivity index (χ0v) is 6.75. The first-order chi connectivity index (χ1) is 5.70. The van der Waals surface area contributed by atoms with Crippen LogP contribution in [0, 0.1) is 5.82 Å². The van der Waals surface area contributed by atoms with Gasteiger partial charge in [-0.25, -0.2) is 4.39 Å². The summed E-state index contributed by atoms with van der Waals surface area (Å²) in [6, 6.07) is 6.32. The SMILES string of the molecule is CC(=O)/C=C\c1ccccc1F. The van der Waals surface area contributed by atoms with E-state index in [2.05, 4.69) is 0 Å². The van der Waals surface area contributed by atoms with Gasteiger partial charge in [-0.05, 0) is 25.1 Å². The lowest BCUT2D eigenvalue weighted by atomic mass is 10.2. The second-order valence-corrected chi connectivity index (χ2v) is 2.47. The second-order valence-electron chi connectivity index (χ2n) is 2.47. The van der Waals surface area contributed by atoms with Gasteiger partial charge in [0.1, 0.15) is 5.82 Å². The average Bonchev–Trinajstić information content (AvgIpc) is 2.03. The number of carbonyl (C=O) groups is 1. The Labute approximate surface area is 70.5 Å². The van der Waals surface area contributed by atoms with Gasteiger partial charge in [-0.1, -0.05) is 18.2 Å². The molecule has 0 aliphatic carbocycles. The van der Waals surface area contributed by atoms with Gasteiger partial charge < -0.3 is 0 Å². The van der Waals surface area contributed by atoms with Crippen LogP contribution in [0.5, 0.6) is 0 Å². The average molecular weight is 164 g/mol. The Hall–Kier alpha value is -1.44. The van der Waals surface area contributed by atoms with Crippen LogP contribution in [0.2, 0.25) is 0 Å². The highest BCUT2D eigenvalue weighted by Gasteiger charge is 1.94. The van der Waals surface area contributed by atoms with Gasteiger partial charge in [0.25, 0.3) is 0 Å². The molecule has 0 atom stereocenters. The molecule has 0 heterocycles. The van der Waals surface area contributed by atoms with Gasteiger partial charge in [0.2, 0.25) is 0 Å². The van der Waals surface area contributed by atoms with E-state index < -0.39 is 0 Å². The topological polar surface area (TPSA) is 17.1 Å². The third-order valence-corrected chi connectivity index (χ3v) is 1.40. The van der Waals surface area contributed by atoms with Crippen LogP contribution in [0.3, 0.4) is 0 Å². The molecule has 0 aliphatic heterocycles. The molecule has 0 unspecified atom stereocenters. The maximum atomic E-state index is 12.9. The van der Waals surface area contributed by atoms with Gasteiger partial charge >= 0.3 is 0 Å². The molecule has 1 aromatic carbocycles. The van der Waals surface area contributed by atoms with Crippen molar-refractivity contribution >= 4 is 11.9 Å². The Morgan fingerprint density at radius 1 is 1.42 bits per heavy atom. The van der Waals surface area contributed by atoms with Crippen molar-refractivity contribution in [1.82, 2.24) is 0 Å². The largest absolute Gasteiger partial charge is 0.295 e. The van der Waals surface area contributed by atoms with Crippen LogP contribution in [0.4, 0.5) is 4.39 Å². The summed E-state index contributed by atoms with van der Waals surface area (Å²) in [7, 11) is 0. The molecule has 0 saturated heterocycles. The predicted molar refractivity (Wildman–Crippen MR) is 46.1 cm³/mol. The molecule has 12 heavy (non-hydrogen) atoms. The van der Waals surface area contributed by atoms with E-state index in [4.69, 9.17) is 0 Å². The quantitative estimate of drug-likeness (QED) is 0.613. The van der Waals surface area contributed by atoms with E-state index in [0.717, 1.165) is 0 Å². The number of halogens is 1. The highest BCUT2D eigenvalue weighted by Crippen LogP contribution is 2.07. The van der Waals surface area contributed by atoms with Gasteiger partial charge in [0.05, 0.1) is 0 Å². The first-order valence-electron chi connectivity index (χ1n) is 3.63. The zero-order chi connectivity index (χ0) is 8.97. The summed E-state index contributed by atoms with van der Waals surface area (Å²) in [6.07, 6.45) is 2.82. The third kappa shape index (κ3) is 2.31. The van der Waals surface area contributed by atoms with E-state index in [1.165, 1.54) is 25.1 Å². The number of hydrogen-bond donors (Lipinski definition) is 0. The summed E-state index contributed by atoms with van der Waals surface area (Å²) in [4.78, 5) is 10.5. The van der Waals surface area contributed by atoms with Crippen LogP contribution in [0.25, 0.3) is 6.08 Å². The van der Waals surface area contributed by atoms with E-state index in [0.29, 0.717) is 5.56 Å². The van der Waals surface area contributed by atoms with Gasteiger partial charge in [-0.15, -0.1) is 0 Å². The Morgan fingerprint density at radius 3 is 2.67 bits per heavy atom. The standard InChI is InChI=1S/C10H9FO/c1-8(12)6-7-9-4-2-3-5-10(9)11/h2-7H,1H3/b7-6-. The molecular weight excluding hydrogens is 155 g/mol. The molecule has 0 amide bonds. The molecule has 0 saturated carbocycles. The van der Waals surface area contributed by atoms with Gasteiger partial charge in [0, 0.05) is 5.56 Å². The zero-order valence-electron chi connectivity index (χ0n) is 6.75. The molecule has 1 nitrogen and oxygen atoms in total. The Morgan fingerprint density at radius 2 is 2.08 bits per heavy atom. The molecular formula is C10H9FO. The predicted octanol–water partition coefficient (Wildman–Crippen LogP) is 2.43. The second kappa shape index (κ2) is 3.81. The van der Waals surface area contributed by atoms with Crippen LogP contribution in [-0.4, -0.2) is 5.78 Å². The van der Waals surface area contributed by atoms with Crippen molar-refractivity contribution in [2.75, 3.05) is 0 Å². The van der Waals surface area contributed by atoms with Crippen LogP contribution in [0.1, 0.15) is 12.5 Å². The fourth-order valence-electron chi connectivity index (χ4n) is 0.817. The van der Waals surface area contributed by atoms with Crippen molar-refractivity contribution in [3.8, 4) is 0 Å². The van der Waals surface area contributed by atoms with Crippen molar-refractivity contribution in [1.29, 1.82) is 0 Å². The number of hydrogen-bond acceptors (Lipinski definition) is 1. The van der Waals surface area contributed by atoms with Crippen LogP contribution < -0.4 is 0 Å². The van der Waals surface area contributed by atoms with Crippen LogP contribution in [-0.2, 0) is 4.79 Å². The summed E-state index contributed by atoms with van der Waals surface area (Å²) in [6.45, 7) is 1.43. The van der Waals surface area contributed by atoms with Crippen molar-refractivity contribution in [3.05, 3.63) is 41.7 Å². The molecule has 0 N–H and O–H groups in total. The fourth-order valence-corrected chi connectivity index (χ4v) is 0.817. The molecule has 62 valence electrons. The summed E-state index contributed by atoms with van der Waals surface area (Å²) < 4.78 is 12.9. The van der Waals surface area contributed by atoms with E-state index in [9.17, 15) is 9.18 Å². The lowest BCUT2D eigenvalue weighted by Crippen LogP contribution is -1.83. The van der Waals surface area contributed by atoms with Gasteiger partial charge in [-0.2, -0.15) is 0 Å².